The maximum Gasteiger partial charge on any atom is 0.0704 e. The van der Waals surface area contributed by atoms with Gasteiger partial charge in [0.15, 0.2) is 0 Å². The van der Waals surface area contributed by atoms with E-state index in [9.17, 15) is 0 Å². The number of hydrogen-bond acceptors (Lipinski definition) is 13. The topological polar surface area (TPSA) is 120 Å². The van der Waals surface area contributed by atoms with Crippen molar-refractivity contribution in [3.63, 3.8) is 0 Å². The van der Waals surface area contributed by atoms with Gasteiger partial charge in [0.1, 0.15) is 0 Å². The predicted octanol–water partition coefficient (Wildman–Crippen LogP) is 3.75. The molecular weight excluding hydrogens is 628 g/mol. The Balaban J connectivity index is 3.04. The predicted molar refractivity (Wildman–Crippen MR) is 184 cm³/mol. The summed E-state index contributed by atoms with van der Waals surface area (Å²) >= 11 is 0. The lowest BCUT2D eigenvalue weighted by molar-refractivity contribution is -0.0289. The lowest BCUT2D eigenvalue weighted by Gasteiger charge is -2.09. The smallest absolute Gasteiger partial charge is 0.0704 e. The van der Waals surface area contributed by atoms with Crippen molar-refractivity contribution >= 4 is 0 Å². The van der Waals surface area contributed by atoms with Crippen molar-refractivity contribution in [2.24, 2.45) is 0 Å². The molecule has 0 aromatic rings. The first kappa shape index (κ1) is 47.2. The molecule has 0 aliphatic heterocycles. The van der Waals surface area contributed by atoms with Crippen molar-refractivity contribution in [1.82, 2.24) is 0 Å². The normalized spacial score (nSPS) is 11.5. The molecule has 0 unspecified atom stereocenters. The zero-order chi connectivity index (χ0) is 34.5. The largest absolute Gasteiger partial charge is 0.379 e. The third kappa shape index (κ3) is 45.2. The van der Waals surface area contributed by atoms with Gasteiger partial charge in [0, 0.05) is 6.61 Å². The average molecular weight is 699 g/mol. The highest BCUT2D eigenvalue weighted by molar-refractivity contribution is 4.63. The fourth-order valence-electron chi connectivity index (χ4n) is 3.79. The molecule has 0 rings (SSSR count). The number of unbranched alkanes of at least 4 members (excludes halogenated alkanes) is 5. The molecule has 0 aliphatic carbocycles. The molecule has 0 fully saturated rings. The van der Waals surface area contributed by atoms with Crippen LogP contribution in [0.25, 0.3) is 0 Å². The van der Waals surface area contributed by atoms with Gasteiger partial charge >= 0.3 is 0 Å². The summed E-state index contributed by atoms with van der Waals surface area (Å²) in [6.07, 6.45) is 9.39. The van der Waals surface area contributed by atoms with Crippen LogP contribution in [-0.4, -0.2) is 172 Å². The molecule has 0 heterocycles. The highest BCUT2D eigenvalue weighted by Gasteiger charge is 1.97. The number of ether oxygens (including phenoxy) is 13. The highest BCUT2D eigenvalue weighted by Crippen LogP contribution is 2.04. The molecule has 0 bridgehead atoms. The highest BCUT2D eigenvalue weighted by atomic mass is 16.6. The summed E-state index contributed by atoms with van der Waals surface area (Å²) in [5.74, 6) is 0. The second-order valence-corrected chi connectivity index (χ2v) is 10.5. The van der Waals surface area contributed by atoms with Crippen LogP contribution in [0.3, 0.4) is 0 Å². The maximum atomic E-state index is 5.59. The van der Waals surface area contributed by atoms with Gasteiger partial charge in [-0.2, -0.15) is 0 Å². The van der Waals surface area contributed by atoms with Gasteiger partial charge in [-0.1, -0.05) is 45.1 Å². The lowest BCUT2D eigenvalue weighted by atomic mass is 10.1. The first-order valence-electron chi connectivity index (χ1n) is 18.0. The van der Waals surface area contributed by atoms with E-state index in [0.29, 0.717) is 165 Å². The number of rotatable bonds is 45. The van der Waals surface area contributed by atoms with E-state index in [1.54, 1.807) is 6.08 Å². The molecule has 0 amide bonds. The molecule has 0 atom stereocenters. The third-order valence-corrected chi connectivity index (χ3v) is 6.34. The van der Waals surface area contributed by atoms with Crippen LogP contribution in [-0.2, 0) is 61.6 Å². The summed E-state index contributed by atoms with van der Waals surface area (Å²) in [5.41, 5.74) is 0. The molecule has 48 heavy (non-hydrogen) atoms. The summed E-state index contributed by atoms with van der Waals surface area (Å²) in [4.78, 5) is 0. The van der Waals surface area contributed by atoms with E-state index in [-0.39, 0.29) is 0 Å². The zero-order valence-electron chi connectivity index (χ0n) is 30.2. The van der Waals surface area contributed by atoms with Crippen LogP contribution in [0.1, 0.15) is 45.4 Å². The fourth-order valence-corrected chi connectivity index (χ4v) is 3.79. The van der Waals surface area contributed by atoms with Crippen molar-refractivity contribution in [3.8, 4) is 0 Å². The minimum absolute atomic E-state index is 0.513. The Morgan fingerprint density at radius 1 is 0.271 bits per heavy atom. The standard InChI is InChI=1S/C35H70O13/c1-3-5-6-7-8-9-11-37-13-15-39-17-19-41-21-23-43-25-27-45-29-31-47-33-35-48-34-32-46-30-28-44-26-24-42-22-20-40-18-16-38-14-12-36-10-4-2/h4H,2-3,5-35H2,1H3. The molecule has 0 saturated carbocycles. The molecule has 288 valence electrons. The van der Waals surface area contributed by atoms with Gasteiger partial charge in [0.05, 0.1) is 165 Å². The Morgan fingerprint density at radius 3 is 0.729 bits per heavy atom. The molecular formula is C35H70O13. The second kappa shape index (κ2) is 46.2. The Morgan fingerprint density at radius 2 is 0.479 bits per heavy atom. The fraction of sp³-hybridized carbons (Fsp3) is 0.943. The first-order valence-corrected chi connectivity index (χ1v) is 18.0. The van der Waals surface area contributed by atoms with Gasteiger partial charge < -0.3 is 61.6 Å². The van der Waals surface area contributed by atoms with E-state index in [1.807, 2.05) is 0 Å². The van der Waals surface area contributed by atoms with E-state index < -0.39 is 0 Å². The van der Waals surface area contributed by atoms with E-state index in [2.05, 4.69) is 13.5 Å². The van der Waals surface area contributed by atoms with Crippen LogP contribution in [0.2, 0.25) is 0 Å². The molecule has 13 nitrogen and oxygen atoms in total. The van der Waals surface area contributed by atoms with Crippen LogP contribution in [0.15, 0.2) is 12.7 Å². The lowest BCUT2D eigenvalue weighted by Crippen LogP contribution is -2.15. The summed E-state index contributed by atoms with van der Waals surface area (Å²) < 4.78 is 71.0. The molecule has 0 spiro atoms. The van der Waals surface area contributed by atoms with E-state index in [1.165, 1.54) is 32.1 Å². The molecule has 13 heteroatoms. The molecule has 0 aromatic heterocycles. The van der Waals surface area contributed by atoms with Crippen LogP contribution >= 0.6 is 0 Å². The van der Waals surface area contributed by atoms with Gasteiger partial charge in [0.2, 0.25) is 0 Å². The molecule has 0 aromatic carbocycles. The number of hydrogen-bond donors (Lipinski definition) is 0. The van der Waals surface area contributed by atoms with Gasteiger partial charge in [-0.15, -0.1) is 6.58 Å². The monoisotopic (exact) mass is 698 g/mol. The SMILES string of the molecule is C=CCOCCOCCOCCOCCOCCOCCOCCOCCOCCOCCOCCOCCOCCCCCCCC. The van der Waals surface area contributed by atoms with E-state index in [4.69, 9.17) is 61.6 Å². The summed E-state index contributed by atoms with van der Waals surface area (Å²) in [5, 5.41) is 0. The summed E-state index contributed by atoms with van der Waals surface area (Å²) in [7, 11) is 0. The van der Waals surface area contributed by atoms with Crippen LogP contribution in [0, 0.1) is 0 Å². The first-order chi connectivity index (χ1) is 23.9. The van der Waals surface area contributed by atoms with Crippen molar-refractivity contribution in [2.75, 3.05) is 172 Å². The van der Waals surface area contributed by atoms with Crippen LogP contribution in [0.4, 0.5) is 0 Å². The molecule has 0 saturated heterocycles. The quantitative estimate of drug-likeness (QED) is 0.0679. The molecule has 0 aliphatic rings. The van der Waals surface area contributed by atoms with Crippen LogP contribution in [0.5, 0.6) is 0 Å². The Hall–Kier alpha value is -0.780. The van der Waals surface area contributed by atoms with Crippen molar-refractivity contribution < 1.29 is 61.6 Å². The maximum absolute atomic E-state index is 5.59. The summed E-state index contributed by atoms with van der Waals surface area (Å²) in [6.45, 7) is 20.1. The van der Waals surface area contributed by atoms with E-state index in [0.717, 1.165) is 13.0 Å². The Labute approximate surface area is 291 Å². The summed E-state index contributed by atoms with van der Waals surface area (Å²) in [6, 6.07) is 0. The van der Waals surface area contributed by atoms with E-state index >= 15 is 0 Å². The Bertz CT molecular complexity index is 575. The van der Waals surface area contributed by atoms with Crippen molar-refractivity contribution in [3.05, 3.63) is 12.7 Å². The third-order valence-electron chi connectivity index (χ3n) is 6.34. The van der Waals surface area contributed by atoms with Crippen molar-refractivity contribution in [1.29, 1.82) is 0 Å². The molecule has 0 N–H and O–H groups in total. The minimum atomic E-state index is 0.513. The molecule has 0 radical (unpaired) electrons. The Kier molecular flexibility index (Phi) is 45.5. The van der Waals surface area contributed by atoms with Crippen LogP contribution < -0.4 is 0 Å². The zero-order valence-corrected chi connectivity index (χ0v) is 30.2. The van der Waals surface area contributed by atoms with Gasteiger partial charge in [-0.3, -0.25) is 0 Å². The minimum Gasteiger partial charge on any atom is -0.379 e. The van der Waals surface area contributed by atoms with Gasteiger partial charge in [0.25, 0.3) is 0 Å². The second-order valence-electron chi connectivity index (χ2n) is 10.5. The average Bonchev–Trinajstić information content (AvgIpc) is 3.10. The van der Waals surface area contributed by atoms with Gasteiger partial charge in [-0.25, -0.2) is 0 Å². The van der Waals surface area contributed by atoms with Crippen molar-refractivity contribution in [2.45, 2.75) is 45.4 Å². The van der Waals surface area contributed by atoms with Gasteiger partial charge in [-0.05, 0) is 6.42 Å².